The fourth-order valence-electron chi connectivity index (χ4n) is 6.97. The molecule has 3 aromatic rings. The number of imide groups is 1. The van der Waals surface area contributed by atoms with E-state index in [1.807, 2.05) is 48.5 Å². The van der Waals surface area contributed by atoms with Crippen molar-refractivity contribution in [3.63, 3.8) is 0 Å². The molecule has 0 bridgehead atoms. The van der Waals surface area contributed by atoms with Crippen LogP contribution in [0, 0.1) is 21.3 Å². The molecule has 2 amide bonds. The Labute approximate surface area is 251 Å². The molecule has 3 aromatic carbocycles. The highest BCUT2D eigenvalue weighted by Gasteiger charge is 2.57. The van der Waals surface area contributed by atoms with Crippen molar-refractivity contribution >= 4 is 78.4 Å². The number of allylic oxidation sites excluding steroid dienone is 6. The number of fused-ring (bicyclic) bond motifs is 4. The predicted molar refractivity (Wildman–Crippen MR) is 162 cm³/mol. The summed E-state index contributed by atoms with van der Waals surface area (Å²) in [6.45, 7) is 0. The van der Waals surface area contributed by atoms with Gasteiger partial charge in [0.05, 0.1) is 22.0 Å². The summed E-state index contributed by atoms with van der Waals surface area (Å²) in [5, 5.41) is 12.9. The van der Waals surface area contributed by atoms with E-state index in [2.05, 4.69) is 38.5 Å². The summed E-state index contributed by atoms with van der Waals surface area (Å²) in [4.78, 5) is 56.0. The molecule has 8 heteroatoms. The number of aromatic hydroxyl groups is 1. The van der Waals surface area contributed by atoms with E-state index in [9.17, 15) is 24.3 Å². The van der Waals surface area contributed by atoms with Gasteiger partial charge in [0.15, 0.2) is 11.6 Å². The number of rotatable bonds is 2. The van der Waals surface area contributed by atoms with Gasteiger partial charge >= 0.3 is 0 Å². The van der Waals surface area contributed by atoms with Crippen LogP contribution < -0.4 is 4.90 Å². The Morgan fingerprint density at radius 1 is 0.900 bits per heavy atom. The first-order valence-corrected chi connectivity index (χ1v) is 14.9. The zero-order valence-electron chi connectivity index (χ0n) is 20.9. The van der Waals surface area contributed by atoms with Crippen molar-refractivity contribution in [1.82, 2.24) is 0 Å². The lowest BCUT2D eigenvalue weighted by molar-refractivity contribution is -0.123. The van der Waals surface area contributed by atoms with E-state index in [0.717, 1.165) is 19.9 Å². The number of nitrogens with zero attached hydrogens (tertiary/aromatic N) is 1. The topological polar surface area (TPSA) is 91.8 Å². The van der Waals surface area contributed by atoms with Gasteiger partial charge in [0.25, 0.3) is 0 Å². The largest absolute Gasteiger partial charge is 0.508 e. The third kappa shape index (κ3) is 3.65. The standard InChI is InChI=1S/C32H21BrINO5/c33-23-14-25(37)28-22(30(23)38)13-21-19(29(28)27-18-4-2-1-3-15(18)5-12-24(27)36)10-11-20-26(21)32(40)35(31(20)39)17-8-6-16(34)7-9-17/h1-10,12,14,20-21,26,29,36H,11,13H2. The highest BCUT2D eigenvalue weighted by Crippen LogP contribution is 2.57. The third-order valence-electron chi connectivity index (χ3n) is 8.65. The second-order valence-corrected chi connectivity index (χ2v) is 12.7. The molecule has 0 spiro atoms. The van der Waals surface area contributed by atoms with E-state index in [-0.39, 0.29) is 40.0 Å². The molecular formula is C32H21BrINO5. The second-order valence-electron chi connectivity index (χ2n) is 10.6. The molecule has 198 valence electrons. The number of hydrogen-bond donors (Lipinski definition) is 1. The van der Waals surface area contributed by atoms with Gasteiger partial charge in [-0.15, -0.1) is 0 Å². The first kappa shape index (κ1) is 25.6. The Morgan fingerprint density at radius 2 is 1.65 bits per heavy atom. The van der Waals surface area contributed by atoms with Gasteiger partial charge in [-0.2, -0.15) is 0 Å². The summed E-state index contributed by atoms with van der Waals surface area (Å²) in [6, 6.07) is 18.3. The number of halogens is 2. The average molecular weight is 706 g/mol. The summed E-state index contributed by atoms with van der Waals surface area (Å²) in [5.74, 6) is -3.54. The maximum Gasteiger partial charge on any atom is 0.238 e. The molecule has 1 saturated heterocycles. The Morgan fingerprint density at radius 3 is 2.42 bits per heavy atom. The minimum atomic E-state index is -0.718. The number of anilines is 1. The fraction of sp³-hybridized carbons (Fsp3) is 0.188. The Hall–Kier alpha value is -3.37. The first-order valence-electron chi connectivity index (χ1n) is 13.0. The van der Waals surface area contributed by atoms with E-state index in [1.54, 1.807) is 18.2 Å². The first-order chi connectivity index (χ1) is 19.3. The summed E-state index contributed by atoms with van der Waals surface area (Å²) < 4.78 is 1.16. The van der Waals surface area contributed by atoms with Gasteiger partial charge in [0.2, 0.25) is 11.8 Å². The molecule has 0 aromatic heterocycles. The van der Waals surface area contributed by atoms with Gasteiger partial charge in [-0.05, 0) is 98.4 Å². The number of carbonyl (C=O) groups excluding carboxylic acids is 4. The highest BCUT2D eigenvalue weighted by atomic mass is 127. The number of hydrogen-bond acceptors (Lipinski definition) is 5. The van der Waals surface area contributed by atoms with Crippen LogP contribution >= 0.6 is 38.5 Å². The van der Waals surface area contributed by atoms with Crippen molar-refractivity contribution in [2.45, 2.75) is 18.8 Å². The Bertz CT molecular complexity index is 1790. The van der Waals surface area contributed by atoms with Gasteiger partial charge in [-0.3, -0.25) is 24.1 Å². The summed E-state index contributed by atoms with van der Waals surface area (Å²) in [6.07, 6.45) is 3.78. The van der Waals surface area contributed by atoms with E-state index in [4.69, 9.17) is 0 Å². The zero-order chi connectivity index (χ0) is 27.9. The lowest BCUT2D eigenvalue weighted by Crippen LogP contribution is -2.39. The molecule has 4 aliphatic rings. The summed E-state index contributed by atoms with van der Waals surface area (Å²) in [5.41, 5.74) is 2.56. The van der Waals surface area contributed by atoms with Crippen LogP contribution in [0.4, 0.5) is 5.69 Å². The van der Waals surface area contributed by atoms with Crippen molar-refractivity contribution in [1.29, 1.82) is 0 Å². The lowest BCUT2D eigenvalue weighted by Gasteiger charge is -2.42. The molecule has 0 radical (unpaired) electrons. The highest BCUT2D eigenvalue weighted by molar-refractivity contribution is 14.1. The Kier molecular flexibility index (Phi) is 5.98. The number of amides is 2. The van der Waals surface area contributed by atoms with E-state index < -0.39 is 23.7 Å². The van der Waals surface area contributed by atoms with Crippen LogP contribution in [0.2, 0.25) is 0 Å². The van der Waals surface area contributed by atoms with Crippen molar-refractivity contribution in [3.05, 3.63) is 103 Å². The SMILES string of the molecule is O=C1C=C(Br)C(=O)C2=C1C(c1c(O)ccc3ccccc13)C1=CCC3C(=O)N(c4ccc(I)cc4)C(=O)C3C1C2. The van der Waals surface area contributed by atoms with Crippen LogP contribution in [0.25, 0.3) is 10.8 Å². The van der Waals surface area contributed by atoms with Crippen LogP contribution in [0.5, 0.6) is 5.75 Å². The van der Waals surface area contributed by atoms with Gasteiger partial charge in [-0.25, -0.2) is 0 Å². The van der Waals surface area contributed by atoms with E-state index >= 15 is 0 Å². The van der Waals surface area contributed by atoms with Crippen molar-refractivity contribution in [2.24, 2.45) is 17.8 Å². The number of ketones is 2. The third-order valence-corrected chi connectivity index (χ3v) is 9.96. The molecule has 4 atom stereocenters. The number of carbonyl (C=O) groups is 4. The second kappa shape index (κ2) is 9.34. The van der Waals surface area contributed by atoms with Crippen molar-refractivity contribution in [3.8, 4) is 5.75 Å². The molecule has 3 aliphatic carbocycles. The summed E-state index contributed by atoms with van der Waals surface area (Å²) >= 11 is 5.44. The van der Waals surface area contributed by atoms with Gasteiger partial charge < -0.3 is 5.11 Å². The molecule has 1 fully saturated rings. The minimum absolute atomic E-state index is 0.0161. The number of benzene rings is 3. The fourth-order valence-corrected chi connectivity index (χ4v) is 7.78. The monoisotopic (exact) mass is 705 g/mol. The molecule has 1 heterocycles. The number of phenolic OH excluding ortho intramolecular Hbond substituents is 1. The predicted octanol–water partition coefficient (Wildman–Crippen LogP) is 6.12. The molecule has 40 heavy (non-hydrogen) atoms. The molecule has 1 N–H and O–H groups in total. The lowest BCUT2D eigenvalue weighted by atomic mass is 9.59. The molecule has 1 aliphatic heterocycles. The smallest absolute Gasteiger partial charge is 0.238 e. The van der Waals surface area contributed by atoms with E-state index in [1.165, 1.54) is 11.0 Å². The normalized spacial score (nSPS) is 26.0. The Balaban J connectivity index is 1.42. The molecule has 0 saturated carbocycles. The van der Waals surface area contributed by atoms with E-state index in [0.29, 0.717) is 28.8 Å². The number of Topliss-reactive ketones (excluding diaryl/α,β-unsaturated/α-hetero) is 1. The van der Waals surface area contributed by atoms with Crippen LogP contribution in [0.15, 0.2) is 94.0 Å². The quantitative estimate of drug-likeness (QED) is 0.150. The van der Waals surface area contributed by atoms with Gasteiger partial charge in [0.1, 0.15) is 5.75 Å². The van der Waals surface area contributed by atoms with Crippen molar-refractivity contribution in [2.75, 3.05) is 4.90 Å². The summed E-state index contributed by atoms with van der Waals surface area (Å²) in [7, 11) is 0. The van der Waals surface area contributed by atoms with Crippen LogP contribution in [-0.2, 0) is 19.2 Å². The zero-order valence-corrected chi connectivity index (χ0v) is 24.7. The van der Waals surface area contributed by atoms with Gasteiger partial charge in [0, 0.05) is 32.3 Å². The molecule has 7 rings (SSSR count). The molecule has 6 nitrogen and oxygen atoms in total. The van der Waals surface area contributed by atoms with Crippen LogP contribution in [0.3, 0.4) is 0 Å². The minimum Gasteiger partial charge on any atom is -0.508 e. The van der Waals surface area contributed by atoms with Gasteiger partial charge in [-0.1, -0.05) is 42.0 Å². The van der Waals surface area contributed by atoms with Crippen molar-refractivity contribution < 1.29 is 24.3 Å². The maximum atomic E-state index is 14.0. The molecular weight excluding hydrogens is 685 g/mol. The van der Waals surface area contributed by atoms with Crippen LogP contribution in [0.1, 0.15) is 24.3 Å². The number of phenols is 1. The average Bonchev–Trinajstić information content (AvgIpc) is 3.21. The van der Waals surface area contributed by atoms with Crippen LogP contribution in [-0.4, -0.2) is 28.5 Å². The maximum absolute atomic E-state index is 14.0. The molecule has 4 unspecified atom stereocenters.